The van der Waals surface area contributed by atoms with Gasteiger partial charge in [-0.05, 0) is 6.92 Å². The standard InChI is InChI=1S/C6H12N4O2/c1-6(2-11,3-12)10-4-8-5(7)9-10/h4,11-12H,2-3H2,1H3,(H2,7,9). The summed E-state index contributed by atoms with van der Waals surface area (Å²) in [7, 11) is 0. The predicted molar refractivity (Wildman–Crippen MR) is 42.3 cm³/mol. The molecule has 0 bridgehead atoms. The Kier molecular flexibility index (Phi) is 2.30. The van der Waals surface area contributed by atoms with Gasteiger partial charge >= 0.3 is 0 Å². The minimum atomic E-state index is -0.829. The third kappa shape index (κ3) is 1.39. The van der Waals surface area contributed by atoms with Crippen molar-refractivity contribution in [3.63, 3.8) is 0 Å². The summed E-state index contributed by atoms with van der Waals surface area (Å²) >= 11 is 0. The first-order valence-electron chi connectivity index (χ1n) is 3.52. The first-order valence-corrected chi connectivity index (χ1v) is 3.52. The van der Waals surface area contributed by atoms with Crippen LogP contribution < -0.4 is 5.73 Å². The zero-order valence-electron chi connectivity index (χ0n) is 6.80. The number of nitrogens with two attached hydrogens (primary N) is 1. The van der Waals surface area contributed by atoms with Gasteiger partial charge in [0.1, 0.15) is 11.9 Å². The van der Waals surface area contributed by atoms with Crippen LogP contribution in [0.4, 0.5) is 5.95 Å². The number of aliphatic hydroxyl groups is 2. The molecule has 0 aromatic carbocycles. The minimum absolute atomic E-state index is 0.128. The fourth-order valence-electron chi connectivity index (χ4n) is 0.731. The van der Waals surface area contributed by atoms with E-state index in [1.54, 1.807) is 6.92 Å². The second-order valence-corrected chi connectivity index (χ2v) is 2.86. The van der Waals surface area contributed by atoms with Crippen molar-refractivity contribution in [2.75, 3.05) is 18.9 Å². The predicted octanol–water partition coefficient (Wildman–Crippen LogP) is -1.44. The van der Waals surface area contributed by atoms with Crippen LogP contribution in [-0.2, 0) is 5.54 Å². The quantitative estimate of drug-likeness (QED) is 0.518. The van der Waals surface area contributed by atoms with E-state index in [1.165, 1.54) is 11.0 Å². The summed E-state index contributed by atoms with van der Waals surface area (Å²) in [5.41, 5.74) is 4.45. The lowest BCUT2D eigenvalue weighted by molar-refractivity contribution is 0.0681. The van der Waals surface area contributed by atoms with Crippen LogP contribution in [0.3, 0.4) is 0 Å². The van der Waals surface area contributed by atoms with Crippen LogP contribution in [-0.4, -0.2) is 38.2 Å². The van der Waals surface area contributed by atoms with Crippen molar-refractivity contribution in [3.8, 4) is 0 Å². The zero-order valence-corrected chi connectivity index (χ0v) is 6.80. The third-order valence-corrected chi connectivity index (χ3v) is 1.74. The molecule has 1 rings (SSSR count). The molecule has 0 spiro atoms. The summed E-state index contributed by atoms with van der Waals surface area (Å²) in [6, 6.07) is 0. The van der Waals surface area contributed by atoms with Gasteiger partial charge in [-0.25, -0.2) is 9.67 Å². The number of anilines is 1. The van der Waals surface area contributed by atoms with Gasteiger partial charge in [0, 0.05) is 0 Å². The summed E-state index contributed by atoms with van der Waals surface area (Å²) in [5, 5.41) is 21.7. The van der Waals surface area contributed by atoms with E-state index >= 15 is 0 Å². The molecule has 68 valence electrons. The van der Waals surface area contributed by atoms with Crippen LogP contribution >= 0.6 is 0 Å². The first-order chi connectivity index (χ1) is 5.62. The van der Waals surface area contributed by atoms with E-state index < -0.39 is 5.54 Å². The average molecular weight is 172 g/mol. The van der Waals surface area contributed by atoms with E-state index in [4.69, 9.17) is 15.9 Å². The average Bonchev–Trinajstić information content (AvgIpc) is 2.51. The van der Waals surface area contributed by atoms with Crippen LogP contribution in [0.5, 0.6) is 0 Å². The Labute approximate surface area is 69.6 Å². The van der Waals surface area contributed by atoms with Crippen molar-refractivity contribution >= 4 is 5.95 Å². The third-order valence-electron chi connectivity index (χ3n) is 1.74. The molecule has 4 N–H and O–H groups in total. The fraction of sp³-hybridized carbons (Fsp3) is 0.667. The number of nitrogens with zero attached hydrogens (tertiary/aromatic N) is 3. The van der Waals surface area contributed by atoms with Gasteiger partial charge < -0.3 is 15.9 Å². The number of nitrogen functional groups attached to an aromatic ring is 1. The SMILES string of the molecule is CC(CO)(CO)n1cnc(N)n1. The molecule has 1 aromatic heterocycles. The van der Waals surface area contributed by atoms with E-state index in [0.29, 0.717) is 0 Å². The van der Waals surface area contributed by atoms with E-state index in [-0.39, 0.29) is 19.2 Å². The Morgan fingerprint density at radius 2 is 2.17 bits per heavy atom. The van der Waals surface area contributed by atoms with Gasteiger partial charge in [-0.1, -0.05) is 0 Å². The lowest BCUT2D eigenvalue weighted by Crippen LogP contribution is -2.38. The molecule has 0 aliphatic heterocycles. The molecule has 12 heavy (non-hydrogen) atoms. The van der Waals surface area contributed by atoms with Crippen LogP contribution in [0.1, 0.15) is 6.92 Å². The highest BCUT2D eigenvalue weighted by Crippen LogP contribution is 2.12. The van der Waals surface area contributed by atoms with Crippen LogP contribution in [0, 0.1) is 0 Å². The maximum absolute atomic E-state index is 8.96. The Balaban J connectivity index is 2.94. The van der Waals surface area contributed by atoms with Crippen molar-refractivity contribution in [2.24, 2.45) is 0 Å². The van der Waals surface area contributed by atoms with Gasteiger partial charge in [0.2, 0.25) is 5.95 Å². The van der Waals surface area contributed by atoms with E-state index in [0.717, 1.165) is 0 Å². The van der Waals surface area contributed by atoms with Crippen molar-refractivity contribution in [1.29, 1.82) is 0 Å². The summed E-state index contributed by atoms with van der Waals surface area (Å²) in [5.74, 6) is 0.128. The highest BCUT2D eigenvalue weighted by Gasteiger charge is 2.25. The second kappa shape index (κ2) is 3.08. The van der Waals surface area contributed by atoms with Crippen LogP contribution in [0.15, 0.2) is 6.33 Å². The highest BCUT2D eigenvalue weighted by atomic mass is 16.3. The Morgan fingerprint density at radius 3 is 2.50 bits per heavy atom. The molecule has 0 radical (unpaired) electrons. The smallest absolute Gasteiger partial charge is 0.239 e. The van der Waals surface area contributed by atoms with Gasteiger partial charge in [0.15, 0.2) is 0 Å². The Hall–Kier alpha value is -1.14. The van der Waals surface area contributed by atoms with Gasteiger partial charge in [-0.15, -0.1) is 5.10 Å². The minimum Gasteiger partial charge on any atom is -0.394 e. The number of rotatable bonds is 3. The molecule has 6 nitrogen and oxygen atoms in total. The van der Waals surface area contributed by atoms with Gasteiger partial charge in [0.25, 0.3) is 0 Å². The molecule has 0 unspecified atom stereocenters. The monoisotopic (exact) mass is 172 g/mol. The molecule has 0 saturated heterocycles. The van der Waals surface area contributed by atoms with E-state index in [2.05, 4.69) is 10.1 Å². The van der Waals surface area contributed by atoms with Gasteiger partial charge in [-0.2, -0.15) is 0 Å². The summed E-state index contributed by atoms with van der Waals surface area (Å²) in [6.07, 6.45) is 1.38. The molecule has 6 heteroatoms. The first kappa shape index (κ1) is 8.95. The van der Waals surface area contributed by atoms with Crippen molar-refractivity contribution in [1.82, 2.24) is 14.8 Å². The Morgan fingerprint density at radius 1 is 1.58 bits per heavy atom. The zero-order chi connectivity index (χ0) is 9.19. The summed E-state index contributed by atoms with van der Waals surface area (Å²) in [4.78, 5) is 3.69. The molecule has 0 aliphatic rings. The molecule has 1 heterocycles. The van der Waals surface area contributed by atoms with Gasteiger partial charge in [0.05, 0.1) is 13.2 Å². The van der Waals surface area contributed by atoms with Crippen molar-refractivity contribution < 1.29 is 10.2 Å². The second-order valence-electron chi connectivity index (χ2n) is 2.86. The maximum Gasteiger partial charge on any atom is 0.239 e. The van der Waals surface area contributed by atoms with E-state index in [1.807, 2.05) is 0 Å². The number of aliphatic hydroxyl groups excluding tert-OH is 2. The molecule has 0 aliphatic carbocycles. The van der Waals surface area contributed by atoms with Gasteiger partial charge in [-0.3, -0.25) is 0 Å². The normalized spacial score (nSPS) is 11.9. The summed E-state index contributed by atoms with van der Waals surface area (Å²) in [6.45, 7) is 1.22. The van der Waals surface area contributed by atoms with Crippen LogP contribution in [0.25, 0.3) is 0 Å². The molecular weight excluding hydrogens is 160 g/mol. The topological polar surface area (TPSA) is 97.2 Å². The molecule has 0 saturated carbocycles. The maximum atomic E-state index is 8.96. The molecular formula is C6H12N4O2. The molecule has 0 atom stereocenters. The lowest BCUT2D eigenvalue weighted by atomic mass is 10.1. The number of hydrogen-bond donors (Lipinski definition) is 3. The molecule has 0 amide bonds. The summed E-state index contributed by atoms with van der Waals surface area (Å²) < 4.78 is 1.35. The van der Waals surface area contributed by atoms with Crippen LogP contribution in [0.2, 0.25) is 0 Å². The number of aromatic nitrogens is 3. The number of hydrogen-bond acceptors (Lipinski definition) is 5. The lowest BCUT2D eigenvalue weighted by Gasteiger charge is -2.24. The highest BCUT2D eigenvalue weighted by molar-refractivity contribution is 5.10. The Bertz CT molecular complexity index is 256. The van der Waals surface area contributed by atoms with E-state index in [9.17, 15) is 0 Å². The fourth-order valence-corrected chi connectivity index (χ4v) is 0.731. The largest absolute Gasteiger partial charge is 0.394 e. The van der Waals surface area contributed by atoms with Crippen molar-refractivity contribution in [2.45, 2.75) is 12.5 Å². The van der Waals surface area contributed by atoms with Crippen molar-refractivity contribution in [3.05, 3.63) is 6.33 Å². The molecule has 1 aromatic rings. The molecule has 0 fully saturated rings.